The van der Waals surface area contributed by atoms with E-state index >= 15 is 0 Å². The van der Waals surface area contributed by atoms with Crippen molar-refractivity contribution in [3.05, 3.63) is 29.1 Å². The summed E-state index contributed by atoms with van der Waals surface area (Å²) in [4.78, 5) is 15.3. The highest BCUT2D eigenvalue weighted by atomic mass is 35.5. The first-order valence-corrected chi connectivity index (χ1v) is 6.08. The summed E-state index contributed by atoms with van der Waals surface area (Å²) in [5.41, 5.74) is 2.82. The Labute approximate surface area is 112 Å². The molecule has 0 unspecified atom stereocenters. The fourth-order valence-corrected chi connectivity index (χ4v) is 2.45. The number of hydrogen-bond donors (Lipinski definition) is 1. The molecule has 0 spiro atoms. The average molecular weight is 283 g/mol. The molecule has 8 heteroatoms. The first-order valence-electron chi connectivity index (χ1n) is 5.16. The predicted octanol–water partition coefficient (Wildman–Crippen LogP) is 2.24. The predicted molar refractivity (Wildman–Crippen MR) is 68.1 cm³/mol. The zero-order chi connectivity index (χ0) is 12.7. The van der Waals surface area contributed by atoms with E-state index in [9.17, 15) is 0 Å². The van der Waals surface area contributed by atoms with Crippen LogP contribution in [0.5, 0.6) is 0 Å². The quantitative estimate of drug-likeness (QED) is 0.732. The van der Waals surface area contributed by atoms with Gasteiger partial charge in [-0.05, 0) is 6.92 Å². The third-order valence-corrected chi connectivity index (χ3v) is 3.31. The third-order valence-electron chi connectivity index (χ3n) is 2.66. The number of halogens is 2. The van der Waals surface area contributed by atoms with E-state index in [0.717, 1.165) is 11.3 Å². The Morgan fingerprint density at radius 1 is 1.33 bits per heavy atom. The Morgan fingerprint density at radius 2 is 2.17 bits per heavy atom. The summed E-state index contributed by atoms with van der Waals surface area (Å²) in [5, 5.41) is 4.80. The van der Waals surface area contributed by atoms with E-state index in [-0.39, 0.29) is 0 Å². The van der Waals surface area contributed by atoms with Crippen LogP contribution in [-0.2, 0) is 5.88 Å². The molecule has 0 fully saturated rings. The SMILES string of the molecule is Cc1nn(-c2ncnc3nc[nH]c23)c(Cl)c1CCl. The van der Waals surface area contributed by atoms with Crippen LogP contribution in [0.2, 0.25) is 5.15 Å². The van der Waals surface area contributed by atoms with Crippen LogP contribution in [0.15, 0.2) is 12.7 Å². The fraction of sp³-hybridized carbons (Fsp3) is 0.200. The van der Waals surface area contributed by atoms with Gasteiger partial charge in [-0.3, -0.25) is 0 Å². The number of imidazole rings is 1. The molecule has 3 rings (SSSR count). The molecule has 3 heterocycles. The molecule has 0 aliphatic rings. The van der Waals surface area contributed by atoms with Crippen LogP contribution in [0.25, 0.3) is 17.0 Å². The highest BCUT2D eigenvalue weighted by Crippen LogP contribution is 2.25. The number of aryl methyl sites for hydroxylation is 1. The van der Waals surface area contributed by atoms with Crippen molar-refractivity contribution in [2.45, 2.75) is 12.8 Å². The van der Waals surface area contributed by atoms with Crippen LogP contribution >= 0.6 is 23.2 Å². The number of aromatic nitrogens is 6. The number of rotatable bonds is 2. The molecular weight excluding hydrogens is 275 g/mol. The van der Waals surface area contributed by atoms with Crippen molar-refractivity contribution >= 4 is 34.4 Å². The van der Waals surface area contributed by atoms with Crippen LogP contribution in [0.4, 0.5) is 0 Å². The second-order valence-corrected chi connectivity index (χ2v) is 4.32. The molecule has 0 radical (unpaired) electrons. The summed E-state index contributed by atoms with van der Waals surface area (Å²) in [6.07, 6.45) is 2.97. The van der Waals surface area contributed by atoms with Gasteiger partial charge in [0.2, 0.25) is 0 Å². The van der Waals surface area contributed by atoms with Crippen molar-refractivity contribution in [3.63, 3.8) is 0 Å². The molecule has 0 saturated carbocycles. The van der Waals surface area contributed by atoms with Gasteiger partial charge >= 0.3 is 0 Å². The molecule has 6 nitrogen and oxygen atoms in total. The monoisotopic (exact) mass is 282 g/mol. The maximum Gasteiger partial charge on any atom is 0.184 e. The van der Waals surface area contributed by atoms with Gasteiger partial charge in [0.1, 0.15) is 17.0 Å². The Bertz CT molecular complexity index is 716. The highest BCUT2D eigenvalue weighted by Gasteiger charge is 2.17. The topological polar surface area (TPSA) is 72.3 Å². The van der Waals surface area contributed by atoms with Crippen molar-refractivity contribution in [1.29, 1.82) is 0 Å². The standard InChI is InChI=1S/C10H8Cl2N6/c1-5-6(2-11)8(12)18(17-5)10-7-9(14-3-13-7)15-4-16-10/h3-4H,2H2,1H3,(H,13,14,15,16). The lowest BCUT2D eigenvalue weighted by Crippen LogP contribution is -2.02. The zero-order valence-electron chi connectivity index (χ0n) is 9.35. The van der Waals surface area contributed by atoms with Crippen LogP contribution in [0, 0.1) is 6.92 Å². The van der Waals surface area contributed by atoms with Crippen molar-refractivity contribution in [2.75, 3.05) is 0 Å². The lowest BCUT2D eigenvalue weighted by Gasteiger charge is -2.02. The summed E-state index contributed by atoms with van der Waals surface area (Å²) in [7, 11) is 0. The molecule has 92 valence electrons. The number of nitrogens with one attached hydrogen (secondary N) is 1. The van der Waals surface area contributed by atoms with E-state index in [1.54, 1.807) is 6.33 Å². The van der Waals surface area contributed by atoms with E-state index in [1.807, 2.05) is 6.92 Å². The minimum Gasteiger partial charge on any atom is -0.340 e. The van der Waals surface area contributed by atoms with Crippen molar-refractivity contribution in [1.82, 2.24) is 29.7 Å². The Balaban J connectivity index is 2.29. The van der Waals surface area contributed by atoms with E-state index < -0.39 is 0 Å². The van der Waals surface area contributed by atoms with E-state index in [0.29, 0.717) is 28.0 Å². The summed E-state index contributed by atoms with van der Waals surface area (Å²) in [6.45, 7) is 1.85. The minimum atomic E-state index is 0.307. The largest absolute Gasteiger partial charge is 0.340 e. The van der Waals surface area contributed by atoms with Crippen molar-refractivity contribution in [2.24, 2.45) is 0 Å². The number of H-pyrrole nitrogens is 1. The van der Waals surface area contributed by atoms with Gasteiger partial charge in [-0.1, -0.05) is 11.6 Å². The number of fused-ring (bicyclic) bond motifs is 1. The summed E-state index contributed by atoms with van der Waals surface area (Å²) < 4.78 is 1.54. The third kappa shape index (κ3) is 1.57. The van der Waals surface area contributed by atoms with E-state index in [4.69, 9.17) is 23.2 Å². The average Bonchev–Trinajstić information content (AvgIpc) is 2.94. The molecule has 0 atom stereocenters. The minimum absolute atomic E-state index is 0.307. The first kappa shape index (κ1) is 11.4. The smallest absolute Gasteiger partial charge is 0.184 e. The number of hydrogen-bond acceptors (Lipinski definition) is 4. The highest BCUT2D eigenvalue weighted by molar-refractivity contribution is 6.31. The van der Waals surface area contributed by atoms with Gasteiger partial charge in [0.05, 0.1) is 17.9 Å². The molecule has 0 aromatic carbocycles. The number of alkyl halides is 1. The summed E-state index contributed by atoms with van der Waals surface area (Å²) >= 11 is 12.1. The molecule has 0 amide bonds. The Morgan fingerprint density at radius 3 is 2.89 bits per heavy atom. The molecule has 0 saturated heterocycles. The lowest BCUT2D eigenvalue weighted by molar-refractivity contribution is 0.835. The molecule has 18 heavy (non-hydrogen) atoms. The Kier molecular flexibility index (Phi) is 2.68. The van der Waals surface area contributed by atoms with Crippen molar-refractivity contribution in [3.8, 4) is 5.82 Å². The van der Waals surface area contributed by atoms with E-state index in [1.165, 1.54) is 11.0 Å². The molecular formula is C10H8Cl2N6. The Hall–Kier alpha value is -1.66. The van der Waals surface area contributed by atoms with Crippen LogP contribution in [-0.4, -0.2) is 29.7 Å². The van der Waals surface area contributed by atoms with Gasteiger partial charge in [0.15, 0.2) is 11.5 Å². The second-order valence-electron chi connectivity index (χ2n) is 3.70. The molecule has 3 aromatic rings. The number of nitrogens with zero attached hydrogens (tertiary/aromatic N) is 5. The maximum atomic E-state index is 6.25. The van der Waals surface area contributed by atoms with E-state index in [2.05, 4.69) is 25.0 Å². The number of aromatic amines is 1. The summed E-state index contributed by atoms with van der Waals surface area (Å²) in [6, 6.07) is 0. The maximum absolute atomic E-state index is 6.25. The van der Waals surface area contributed by atoms with Crippen LogP contribution in [0.1, 0.15) is 11.3 Å². The molecule has 0 aliphatic carbocycles. The molecule has 0 aliphatic heterocycles. The van der Waals surface area contributed by atoms with Crippen LogP contribution in [0.3, 0.4) is 0 Å². The molecule has 0 bridgehead atoms. The molecule has 3 aromatic heterocycles. The normalized spacial score (nSPS) is 11.3. The summed E-state index contributed by atoms with van der Waals surface area (Å²) in [5.74, 6) is 0.865. The first-order chi connectivity index (χ1) is 8.72. The van der Waals surface area contributed by atoms with Crippen molar-refractivity contribution < 1.29 is 0 Å². The van der Waals surface area contributed by atoms with Gasteiger partial charge in [0.25, 0.3) is 0 Å². The van der Waals surface area contributed by atoms with Gasteiger partial charge in [-0.2, -0.15) is 5.10 Å². The fourth-order valence-electron chi connectivity index (χ4n) is 1.74. The second kappa shape index (κ2) is 4.22. The lowest BCUT2D eigenvalue weighted by atomic mass is 10.3. The van der Waals surface area contributed by atoms with Crippen LogP contribution < -0.4 is 0 Å². The van der Waals surface area contributed by atoms with Gasteiger partial charge in [-0.15, -0.1) is 11.6 Å². The zero-order valence-corrected chi connectivity index (χ0v) is 10.9. The van der Waals surface area contributed by atoms with Gasteiger partial charge < -0.3 is 4.98 Å². The van der Waals surface area contributed by atoms with Gasteiger partial charge in [0, 0.05) is 5.56 Å². The molecule has 1 N–H and O–H groups in total. The van der Waals surface area contributed by atoms with Gasteiger partial charge in [-0.25, -0.2) is 19.6 Å².